The summed E-state index contributed by atoms with van der Waals surface area (Å²) >= 11 is 0. The summed E-state index contributed by atoms with van der Waals surface area (Å²) in [6.45, 7) is 3.07. The fourth-order valence-electron chi connectivity index (χ4n) is 3.78. The average Bonchev–Trinajstić information content (AvgIpc) is 2.70. The van der Waals surface area contributed by atoms with E-state index in [0.29, 0.717) is 5.92 Å². The van der Waals surface area contributed by atoms with Crippen LogP contribution in [0.5, 0.6) is 0 Å². The summed E-state index contributed by atoms with van der Waals surface area (Å²) in [5.74, 6) is 0.387. The standard InChI is InChI=1S/C23H23FN2/c24-23-8-6-20(7-9-23)21-10-12-26(13-11-21)17-18-14-22(16-25-15-18)19-4-2-1-3-5-19/h1-9,14-16,21H,10-13,17H2. The van der Waals surface area contributed by atoms with Gasteiger partial charge in [-0.25, -0.2) is 4.39 Å². The third kappa shape index (κ3) is 4.00. The molecule has 1 aliphatic rings. The van der Waals surface area contributed by atoms with E-state index in [9.17, 15) is 4.39 Å². The molecule has 0 bridgehead atoms. The summed E-state index contributed by atoms with van der Waals surface area (Å²) in [5, 5.41) is 0. The molecule has 3 heteroatoms. The first-order valence-corrected chi connectivity index (χ1v) is 9.25. The lowest BCUT2D eigenvalue weighted by Crippen LogP contribution is -2.32. The third-order valence-electron chi connectivity index (χ3n) is 5.24. The molecule has 1 fully saturated rings. The van der Waals surface area contributed by atoms with Crippen LogP contribution in [-0.4, -0.2) is 23.0 Å². The fourth-order valence-corrected chi connectivity index (χ4v) is 3.78. The van der Waals surface area contributed by atoms with Crippen LogP contribution < -0.4 is 0 Å². The maximum Gasteiger partial charge on any atom is 0.123 e. The van der Waals surface area contributed by atoms with Gasteiger partial charge >= 0.3 is 0 Å². The minimum Gasteiger partial charge on any atom is -0.299 e. The van der Waals surface area contributed by atoms with Crippen LogP contribution in [0.4, 0.5) is 4.39 Å². The van der Waals surface area contributed by atoms with Gasteiger partial charge in [-0.1, -0.05) is 42.5 Å². The zero-order valence-electron chi connectivity index (χ0n) is 14.8. The first kappa shape index (κ1) is 16.9. The molecular formula is C23H23FN2. The summed E-state index contributed by atoms with van der Waals surface area (Å²) in [5.41, 5.74) is 4.89. The highest BCUT2D eigenvalue weighted by Crippen LogP contribution is 2.29. The summed E-state index contributed by atoms with van der Waals surface area (Å²) in [6, 6.07) is 19.6. The zero-order chi connectivity index (χ0) is 17.8. The fraction of sp³-hybridized carbons (Fsp3) is 0.261. The number of aromatic nitrogens is 1. The number of likely N-dealkylation sites (tertiary alicyclic amines) is 1. The normalized spacial score (nSPS) is 15.9. The van der Waals surface area contributed by atoms with Crippen LogP contribution >= 0.6 is 0 Å². The summed E-state index contributed by atoms with van der Waals surface area (Å²) < 4.78 is 13.1. The topological polar surface area (TPSA) is 16.1 Å². The van der Waals surface area contributed by atoms with E-state index in [0.717, 1.165) is 32.5 Å². The number of halogens is 1. The Kier molecular flexibility index (Phi) is 5.07. The van der Waals surface area contributed by atoms with Gasteiger partial charge in [-0.2, -0.15) is 0 Å². The van der Waals surface area contributed by atoms with Crippen LogP contribution in [0.3, 0.4) is 0 Å². The lowest BCUT2D eigenvalue weighted by atomic mass is 9.89. The van der Waals surface area contributed by atoms with Crippen molar-refractivity contribution in [1.82, 2.24) is 9.88 Å². The highest BCUT2D eigenvalue weighted by Gasteiger charge is 2.20. The quantitative estimate of drug-likeness (QED) is 0.640. The molecule has 0 aliphatic carbocycles. The molecule has 0 atom stereocenters. The van der Waals surface area contributed by atoms with Crippen LogP contribution in [0.15, 0.2) is 73.1 Å². The van der Waals surface area contributed by atoms with Crippen molar-refractivity contribution in [2.75, 3.05) is 13.1 Å². The van der Waals surface area contributed by atoms with Crippen LogP contribution in [0.25, 0.3) is 11.1 Å². The SMILES string of the molecule is Fc1ccc(C2CCN(Cc3cncc(-c4ccccc4)c3)CC2)cc1. The molecule has 1 saturated heterocycles. The van der Waals surface area contributed by atoms with E-state index in [2.05, 4.69) is 40.2 Å². The van der Waals surface area contributed by atoms with Gasteiger partial charge in [0.15, 0.2) is 0 Å². The van der Waals surface area contributed by atoms with Crippen molar-refractivity contribution in [1.29, 1.82) is 0 Å². The number of rotatable bonds is 4. The minimum atomic E-state index is -0.156. The van der Waals surface area contributed by atoms with Gasteiger partial charge in [0.05, 0.1) is 0 Å². The first-order valence-electron chi connectivity index (χ1n) is 9.25. The predicted octanol–water partition coefficient (Wildman–Crippen LogP) is 5.27. The number of pyridine rings is 1. The van der Waals surface area contributed by atoms with Crippen LogP contribution in [0.1, 0.15) is 29.9 Å². The Hall–Kier alpha value is -2.52. The number of nitrogens with zero attached hydrogens (tertiary/aromatic N) is 2. The minimum absolute atomic E-state index is 0.156. The van der Waals surface area contributed by atoms with Gasteiger partial charge in [0.1, 0.15) is 5.82 Å². The molecule has 132 valence electrons. The van der Waals surface area contributed by atoms with E-state index >= 15 is 0 Å². The van der Waals surface area contributed by atoms with Gasteiger partial charge in [0.25, 0.3) is 0 Å². The van der Waals surface area contributed by atoms with E-state index in [1.165, 1.54) is 22.3 Å². The van der Waals surface area contributed by atoms with Crippen molar-refractivity contribution in [2.24, 2.45) is 0 Å². The predicted molar refractivity (Wildman–Crippen MR) is 103 cm³/mol. The van der Waals surface area contributed by atoms with Gasteiger partial charge in [-0.15, -0.1) is 0 Å². The highest BCUT2D eigenvalue weighted by molar-refractivity contribution is 5.62. The molecule has 2 nitrogen and oxygen atoms in total. The molecule has 0 unspecified atom stereocenters. The molecule has 0 amide bonds. The maximum absolute atomic E-state index is 13.1. The molecule has 0 radical (unpaired) electrons. The molecule has 26 heavy (non-hydrogen) atoms. The molecule has 0 N–H and O–H groups in total. The van der Waals surface area contributed by atoms with E-state index in [1.807, 2.05) is 30.6 Å². The van der Waals surface area contributed by atoms with Crippen molar-refractivity contribution < 1.29 is 4.39 Å². The number of hydrogen-bond donors (Lipinski definition) is 0. The molecule has 1 aliphatic heterocycles. The van der Waals surface area contributed by atoms with Crippen molar-refractivity contribution >= 4 is 0 Å². The van der Waals surface area contributed by atoms with E-state index in [4.69, 9.17) is 0 Å². The van der Waals surface area contributed by atoms with Crippen molar-refractivity contribution in [3.05, 3.63) is 90.0 Å². The molecule has 2 aromatic carbocycles. The maximum atomic E-state index is 13.1. The van der Waals surface area contributed by atoms with Crippen LogP contribution in [0, 0.1) is 5.82 Å². The van der Waals surface area contributed by atoms with E-state index in [-0.39, 0.29) is 5.82 Å². The summed E-state index contributed by atoms with van der Waals surface area (Å²) in [7, 11) is 0. The molecule has 1 aromatic heterocycles. The number of piperidine rings is 1. The second kappa shape index (κ2) is 7.79. The summed E-state index contributed by atoms with van der Waals surface area (Å²) in [6.07, 6.45) is 6.15. The largest absolute Gasteiger partial charge is 0.299 e. The lowest BCUT2D eigenvalue weighted by molar-refractivity contribution is 0.204. The first-order chi connectivity index (χ1) is 12.8. The smallest absolute Gasteiger partial charge is 0.123 e. The Morgan fingerprint density at radius 2 is 1.62 bits per heavy atom. The Labute approximate surface area is 154 Å². The van der Waals surface area contributed by atoms with Gasteiger partial charge in [0, 0.05) is 24.5 Å². The van der Waals surface area contributed by atoms with Gasteiger partial charge in [-0.05, 0) is 66.7 Å². The number of benzene rings is 2. The highest BCUT2D eigenvalue weighted by atomic mass is 19.1. The monoisotopic (exact) mass is 346 g/mol. The van der Waals surface area contributed by atoms with Crippen molar-refractivity contribution in [3.63, 3.8) is 0 Å². The second-order valence-electron chi connectivity index (χ2n) is 7.05. The third-order valence-corrected chi connectivity index (χ3v) is 5.24. The van der Waals surface area contributed by atoms with Crippen molar-refractivity contribution in [3.8, 4) is 11.1 Å². The van der Waals surface area contributed by atoms with E-state index in [1.54, 1.807) is 12.1 Å². The van der Waals surface area contributed by atoms with Crippen LogP contribution in [-0.2, 0) is 6.54 Å². The molecule has 0 saturated carbocycles. The Morgan fingerprint density at radius 1 is 0.885 bits per heavy atom. The molecule has 4 rings (SSSR count). The average molecular weight is 346 g/mol. The zero-order valence-corrected chi connectivity index (χ0v) is 14.8. The second-order valence-corrected chi connectivity index (χ2v) is 7.05. The van der Waals surface area contributed by atoms with Gasteiger partial charge in [-0.3, -0.25) is 9.88 Å². The van der Waals surface area contributed by atoms with Crippen molar-refractivity contribution in [2.45, 2.75) is 25.3 Å². The summed E-state index contributed by atoms with van der Waals surface area (Å²) in [4.78, 5) is 6.93. The molecule has 0 spiro atoms. The van der Waals surface area contributed by atoms with E-state index < -0.39 is 0 Å². The Morgan fingerprint density at radius 3 is 2.35 bits per heavy atom. The Bertz CT molecular complexity index is 838. The molecule has 2 heterocycles. The van der Waals surface area contributed by atoms with Gasteiger partial charge in [0.2, 0.25) is 0 Å². The lowest BCUT2D eigenvalue weighted by Gasteiger charge is -2.32. The molecule has 3 aromatic rings. The van der Waals surface area contributed by atoms with Gasteiger partial charge < -0.3 is 0 Å². The van der Waals surface area contributed by atoms with Crippen LogP contribution in [0.2, 0.25) is 0 Å². The number of hydrogen-bond acceptors (Lipinski definition) is 2. The Balaban J connectivity index is 1.38. The molecular weight excluding hydrogens is 323 g/mol.